The van der Waals surface area contributed by atoms with Crippen molar-refractivity contribution in [3.8, 4) is 5.75 Å². The molecule has 120 valence electrons. The molecule has 1 heterocycles. The highest BCUT2D eigenvalue weighted by atomic mass is 16.6. The first-order valence-electron chi connectivity index (χ1n) is 7.47. The largest absolute Gasteiger partial charge is 0.497 e. The number of nitrogens with zero attached hydrogens (tertiary/aromatic N) is 1. The van der Waals surface area contributed by atoms with Crippen LogP contribution in [0.4, 0.5) is 4.79 Å². The summed E-state index contributed by atoms with van der Waals surface area (Å²) >= 11 is 0. The topological polar surface area (TPSA) is 55.8 Å². The number of hydrogen-bond donors (Lipinski definition) is 0. The van der Waals surface area contributed by atoms with Gasteiger partial charge >= 0.3 is 6.09 Å². The fraction of sp³-hybridized carbons (Fsp3) is 0.529. The van der Waals surface area contributed by atoms with E-state index in [1.54, 1.807) is 27.9 Å². The second-order valence-corrected chi connectivity index (χ2v) is 6.49. The number of hydrogen-bond acceptors (Lipinski definition) is 4. The van der Waals surface area contributed by atoms with Gasteiger partial charge in [-0.1, -0.05) is 12.1 Å². The molecule has 1 atom stereocenters. The summed E-state index contributed by atoms with van der Waals surface area (Å²) < 4.78 is 10.4. The van der Waals surface area contributed by atoms with E-state index in [0.29, 0.717) is 13.0 Å². The van der Waals surface area contributed by atoms with Crippen LogP contribution in [0.2, 0.25) is 0 Å². The van der Waals surface area contributed by atoms with Gasteiger partial charge < -0.3 is 9.47 Å². The number of carbonyl (C=O) groups excluding carboxylic acids is 2. The van der Waals surface area contributed by atoms with Gasteiger partial charge in [-0.05, 0) is 50.8 Å². The number of ether oxygens (including phenoxy) is 2. The van der Waals surface area contributed by atoms with Gasteiger partial charge in [0.2, 0.25) is 5.91 Å². The predicted octanol–water partition coefficient (Wildman–Crippen LogP) is 3.34. The molecule has 5 nitrogen and oxygen atoms in total. The highest BCUT2D eigenvalue weighted by Crippen LogP contribution is 2.30. The lowest BCUT2D eigenvalue weighted by Crippen LogP contribution is -2.44. The first-order chi connectivity index (χ1) is 10.3. The third-order valence-electron chi connectivity index (χ3n) is 3.62. The molecule has 1 fully saturated rings. The maximum atomic E-state index is 12.2. The van der Waals surface area contributed by atoms with E-state index in [9.17, 15) is 9.59 Å². The third-order valence-corrected chi connectivity index (χ3v) is 3.62. The molecule has 0 unspecified atom stereocenters. The molecule has 0 aromatic heterocycles. The van der Waals surface area contributed by atoms with Crippen molar-refractivity contribution in [1.29, 1.82) is 0 Å². The molecule has 1 aliphatic rings. The summed E-state index contributed by atoms with van der Waals surface area (Å²) in [6.07, 6.45) is 0.522. The summed E-state index contributed by atoms with van der Waals surface area (Å²) in [6.45, 7) is 5.77. The van der Waals surface area contributed by atoms with Crippen molar-refractivity contribution < 1.29 is 19.1 Å². The van der Waals surface area contributed by atoms with Crippen molar-refractivity contribution >= 4 is 12.0 Å². The van der Waals surface area contributed by atoms with Crippen molar-refractivity contribution in [2.75, 3.05) is 13.7 Å². The van der Waals surface area contributed by atoms with E-state index in [0.717, 1.165) is 17.7 Å². The summed E-state index contributed by atoms with van der Waals surface area (Å²) in [4.78, 5) is 25.5. The Morgan fingerprint density at radius 2 is 1.86 bits per heavy atom. The lowest BCUT2D eigenvalue weighted by molar-refractivity contribution is -0.132. The lowest BCUT2D eigenvalue weighted by atomic mass is 9.89. The average molecular weight is 305 g/mol. The minimum absolute atomic E-state index is 0.136. The number of amides is 2. The molecule has 0 saturated carbocycles. The number of rotatable bonds is 2. The average Bonchev–Trinajstić information content (AvgIpc) is 2.45. The van der Waals surface area contributed by atoms with Crippen LogP contribution in [0.1, 0.15) is 45.1 Å². The van der Waals surface area contributed by atoms with Crippen molar-refractivity contribution in [3.63, 3.8) is 0 Å². The summed E-state index contributed by atoms with van der Waals surface area (Å²) in [5.41, 5.74) is 0.502. The van der Waals surface area contributed by atoms with Gasteiger partial charge in [0, 0.05) is 13.0 Å². The summed E-state index contributed by atoms with van der Waals surface area (Å²) in [7, 11) is 1.62. The molecule has 5 heteroatoms. The molecule has 0 radical (unpaired) electrons. The number of carbonyl (C=O) groups is 2. The predicted molar refractivity (Wildman–Crippen MR) is 82.9 cm³/mol. The third kappa shape index (κ3) is 4.00. The van der Waals surface area contributed by atoms with Crippen LogP contribution in [0.15, 0.2) is 24.3 Å². The smallest absolute Gasteiger partial charge is 0.417 e. The summed E-state index contributed by atoms with van der Waals surface area (Å²) in [5, 5.41) is 0. The summed E-state index contributed by atoms with van der Waals surface area (Å²) in [6, 6.07) is 7.72. The Balaban J connectivity index is 2.00. The van der Waals surface area contributed by atoms with E-state index in [2.05, 4.69) is 0 Å². The maximum Gasteiger partial charge on any atom is 0.417 e. The molecule has 0 spiro atoms. The SMILES string of the molecule is COc1ccc([C@H]2CCN(C(=O)OC(C)(C)C)C(=O)C2)cc1. The van der Waals surface area contributed by atoms with E-state index in [4.69, 9.17) is 9.47 Å². The Hall–Kier alpha value is -2.04. The maximum absolute atomic E-state index is 12.2. The van der Waals surface area contributed by atoms with E-state index in [1.807, 2.05) is 24.3 Å². The fourth-order valence-electron chi connectivity index (χ4n) is 2.50. The Morgan fingerprint density at radius 3 is 2.36 bits per heavy atom. The monoisotopic (exact) mass is 305 g/mol. The normalized spacial score (nSPS) is 19.0. The fourth-order valence-corrected chi connectivity index (χ4v) is 2.50. The van der Waals surface area contributed by atoms with Gasteiger partial charge in [-0.15, -0.1) is 0 Å². The van der Waals surface area contributed by atoms with Crippen molar-refractivity contribution in [2.24, 2.45) is 0 Å². The van der Waals surface area contributed by atoms with E-state index in [-0.39, 0.29) is 11.8 Å². The second-order valence-electron chi connectivity index (χ2n) is 6.49. The molecule has 0 aliphatic carbocycles. The highest BCUT2D eigenvalue weighted by Gasteiger charge is 2.33. The second kappa shape index (κ2) is 6.38. The lowest BCUT2D eigenvalue weighted by Gasteiger charge is -2.32. The Labute approximate surface area is 131 Å². The van der Waals surface area contributed by atoms with Crippen LogP contribution in [0.3, 0.4) is 0 Å². The number of benzene rings is 1. The highest BCUT2D eigenvalue weighted by molar-refractivity contribution is 5.93. The molecule has 1 aliphatic heterocycles. The van der Waals surface area contributed by atoms with E-state index < -0.39 is 11.7 Å². The zero-order valence-corrected chi connectivity index (χ0v) is 13.6. The van der Waals surface area contributed by atoms with Crippen molar-refractivity contribution in [1.82, 2.24) is 4.90 Å². The molecular formula is C17H23NO4. The zero-order chi connectivity index (χ0) is 16.3. The van der Waals surface area contributed by atoms with Gasteiger partial charge in [0.15, 0.2) is 0 Å². The molecule has 1 saturated heterocycles. The zero-order valence-electron chi connectivity index (χ0n) is 13.6. The molecule has 0 N–H and O–H groups in total. The van der Waals surface area contributed by atoms with E-state index >= 15 is 0 Å². The Bertz CT molecular complexity index is 545. The first kappa shape index (κ1) is 16.3. The number of imide groups is 1. The van der Waals surface area contributed by atoms with Gasteiger partial charge in [-0.3, -0.25) is 4.79 Å². The number of methoxy groups -OCH3 is 1. The number of piperidine rings is 1. The van der Waals surface area contributed by atoms with Crippen LogP contribution in [-0.4, -0.2) is 36.2 Å². The van der Waals surface area contributed by atoms with Crippen LogP contribution < -0.4 is 4.74 Å². The van der Waals surface area contributed by atoms with Gasteiger partial charge in [0.25, 0.3) is 0 Å². The molecular weight excluding hydrogens is 282 g/mol. The van der Waals surface area contributed by atoms with Crippen LogP contribution in [0, 0.1) is 0 Å². The molecule has 22 heavy (non-hydrogen) atoms. The summed E-state index contributed by atoms with van der Waals surface area (Å²) in [5.74, 6) is 0.750. The van der Waals surface area contributed by atoms with Gasteiger partial charge in [-0.2, -0.15) is 0 Å². The molecule has 2 amide bonds. The molecule has 0 bridgehead atoms. The van der Waals surface area contributed by atoms with Crippen LogP contribution >= 0.6 is 0 Å². The van der Waals surface area contributed by atoms with Gasteiger partial charge in [0.05, 0.1) is 7.11 Å². The van der Waals surface area contributed by atoms with Crippen LogP contribution in [0.5, 0.6) is 5.75 Å². The van der Waals surface area contributed by atoms with Crippen LogP contribution in [-0.2, 0) is 9.53 Å². The Kier molecular flexibility index (Phi) is 4.74. The van der Waals surface area contributed by atoms with Crippen molar-refractivity contribution in [2.45, 2.75) is 45.1 Å². The minimum Gasteiger partial charge on any atom is -0.497 e. The minimum atomic E-state index is -0.593. The standard InChI is InChI=1S/C17H23NO4/c1-17(2,3)22-16(20)18-10-9-13(11-15(18)19)12-5-7-14(21-4)8-6-12/h5-8,13H,9-11H2,1-4H3/t13-/m0/s1. The Morgan fingerprint density at radius 1 is 1.23 bits per heavy atom. The number of likely N-dealkylation sites (tertiary alicyclic amines) is 1. The van der Waals surface area contributed by atoms with Gasteiger partial charge in [-0.25, -0.2) is 9.69 Å². The van der Waals surface area contributed by atoms with Crippen LogP contribution in [0.25, 0.3) is 0 Å². The quantitative estimate of drug-likeness (QED) is 0.841. The molecule has 2 rings (SSSR count). The molecule has 1 aromatic rings. The van der Waals surface area contributed by atoms with Crippen molar-refractivity contribution in [3.05, 3.63) is 29.8 Å². The first-order valence-corrected chi connectivity index (χ1v) is 7.47. The van der Waals surface area contributed by atoms with E-state index in [1.165, 1.54) is 4.90 Å². The van der Waals surface area contributed by atoms with Gasteiger partial charge in [0.1, 0.15) is 11.4 Å². The molecule has 1 aromatic carbocycles.